The van der Waals surface area contributed by atoms with Crippen LogP contribution in [0.25, 0.3) is 0 Å². The number of aliphatic carboxylic acids is 1. The van der Waals surface area contributed by atoms with E-state index in [1.54, 1.807) is 0 Å². The average molecular weight is 464 g/mol. The van der Waals surface area contributed by atoms with E-state index >= 15 is 0 Å². The fourth-order valence-corrected chi connectivity index (χ4v) is 5.52. The molecule has 0 aliphatic heterocycles. The number of carboxylic acids is 1. The molecule has 1 fully saturated rings. The quantitative estimate of drug-likeness (QED) is 0.141. The van der Waals surface area contributed by atoms with Crippen molar-refractivity contribution < 1.29 is 28.3 Å². The second kappa shape index (κ2) is 15.5. The number of allylic oxidation sites excluding steroid dienone is 2. The maximum atomic E-state index is 14.8. The van der Waals surface area contributed by atoms with E-state index in [1.165, 1.54) is 0 Å². The molecule has 0 bridgehead atoms. The van der Waals surface area contributed by atoms with Gasteiger partial charge in [-0.2, -0.15) is 0 Å². The lowest BCUT2D eigenvalue weighted by molar-refractivity contribution is -0.137. The summed E-state index contributed by atoms with van der Waals surface area (Å²) in [5, 5.41) is 19.3. The van der Waals surface area contributed by atoms with Crippen molar-refractivity contribution in [1.29, 1.82) is 0 Å². The minimum absolute atomic E-state index is 0.0576. The van der Waals surface area contributed by atoms with E-state index in [-0.39, 0.29) is 30.5 Å². The van der Waals surface area contributed by atoms with Crippen LogP contribution in [0.15, 0.2) is 12.2 Å². The third-order valence-electron chi connectivity index (χ3n) is 5.92. The summed E-state index contributed by atoms with van der Waals surface area (Å²) in [6.45, 7) is 6.14. The first-order valence-electron chi connectivity index (χ1n) is 11.3. The molecule has 5 nitrogen and oxygen atoms in total. The minimum Gasteiger partial charge on any atom is -0.481 e. The summed E-state index contributed by atoms with van der Waals surface area (Å²) in [7, 11) is 1.32. The topological polar surface area (TPSA) is 76.0 Å². The lowest BCUT2D eigenvalue weighted by atomic mass is 9.85. The lowest BCUT2D eigenvalue weighted by Crippen LogP contribution is -2.32. The number of aliphatic hydroxyl groups is 1. The van der Waals surface area contributed by atoms with Crippen LogP contribution in [-0.4, -0.2) is 49.7 Å². The van der Waals surface area contributed by atoms with Crippen molar-refractivity contribution in [2.24, 2.45) is 11.8 Å². The van der Waals surface area contributed by atoms with Gasteiger partial charge in [0.2, 0.25) is 0 Å². The molecule has 30 heavy (non-hydrogen) atoms. The highest BCUT2D eigenvalue weighted by atomic mass is 31.0. The Morgan fingerprint density at radius 2 is 2.00 bits per heavy atom. The molecule has 0 aromatic rings. The number of halogens is 1. The Labute approximate surface area is 185 Å². The van der Waals surface area contributed by atoms with Gasteiger partial charge >= 0.3 is 15.0 Å². The Morgan fingerprint density at radius 3 is 2.60 bits per heavy atom. The van der Waals surface area contributed by atoms with E-state index in [1.807, 2.05) is 25.2 Å². The second-order valence-electron chi connectivity index (χ2n) is 8.60. The fraction of sp³-hybridized carbons (Fsp3) is 0.864. The summed E-state index contributed by atoms with van der Waals surface area (Å²) in [5.41, 5.74) is 0. The van der Waals surface area contributed by atoms with Crippen LogP contribution in [0.3, 0.4) is 0 Å². The van der Waals surface area contributed by atoms with Crippen molar-refractivity contribution in [2.75, 3.05) is 0 Å². The van der Waals surface area contributed by atoms with Crippen molar-refractivity contribution in [3.8, 4) is 0 Å². The van der Waals surface area contributed by atoms with Crippen molar-refractivity contribution in [3.63, 3.8) is 0 Å². The van der Waals surface area contributed by atoms with Crippen LogP contribution in [0.1, 0.15) is 71.1 Å². The van der Waals surface area contributed by atoms with Gasteiger partial charge in [0.15, 0.2) is 0 Å². The third kappa shape index (κ3) is 10.3. The predicted octanol–water partition coefficient (Wildman–Crippen LogP) is 5.30. The van der Waals surface area contributed by atoms with E-state index in [9.17, 15) is 14.3 Å². The Kier molecular flexibility index (Phi) is 14.3. The number of carbonyl (C=O) groups is 1. The summed E-state index contributed by atoms with van der Waals surface area (Å²) in [5.74, 6) is -0.565. The maximum absolute atomic E-state index is 14.8. The highest BCUT2D eigenvalue weighted by Gasteiger charge is 2.42. The van der Waals surface area contributed by atoms with Gasteiger partial charge in [-0.05, 0) is 50.4 Å². The second-order valence-corrected chi connectivity index (χ2v) is 10.9. The first kappa shape index (κ1) is 27.7. The number of hydrogen-bond acceptors (Lipinski definition) is 4. The van der Waals surface area contributed by atoms with Crippen molar-refractivity contribution >= 4 is 24.5 Å². The van der Waals surface area contributed by atoms with E-state index in [2.05, 4.69) is 16.4 Å². The zero-order chi connectivity index (χ0) is 22.5. The van der Waals surface area contributed by atoms with Gasteiger partial charge < -0.3 is 14.7 Å². The number of rotatable bonds is 16. The molecule has 0 aromatic carbocycles. The number of alkyl halides is 1. The van der Waals surface area contributed by atoms with Gasteiger partial charge in [-0.25, -0.2) is 8.82 Å². The van der Waals surface area contributed by atoms with E-state index in [0.717, 1.165) is 32.1 Å². The first-order chi connectivity index (χ1) is 14.3. The number of carboxylic acid groups (broad SMARTS) is 1. The molecule has 0 heterocycles. The smallest absolute Gasteiger partial charge is 0.467 e. The predicted molar refractivity (Wildman–Crippen MR) is 123 cm³/mol. The highest BCUT2D eigenvalue weighted by molar-refractivity contribution is 7.09. The Balaban J connectivity index is 2.67. The molecule has 1 aliphatic rings. The molecule has 2 N–H and O–H groups in total. The molecule has 1 rings (SSSR count). The van der Waals surface area contributed by atoms with E-state index in [0.29, 0.717) is 25.7 Å². The van der Waals surface area contributed by atoms with Crippen molar-refractivity contribution in [1.82, 2.24) is 0 Å². The fourth-order valence-electron chi connectivity index (χ4n) is 4.34. The highest BCUT2D eigenvalue weighted by Crippen LogP contribution is 2.41. The molecule has 7 atom stereocenters. The normalized spacial score (nSPS) is 26.2. The van der Waals surface area contributed by atoms with Gasteiger partial charge in [-0.1, -0.05) is 31.9 Å². The Hall–Kier alpha value is -0.333. The zero-order valence-electron chi connectivity index (χ0n) is 18.8. The summed E-state index contributed by atoms with van der Waals surface area (Å²) in [6, 6.07) is 0. The van der Waals surface area contributed by atoms with Crippen LogP contribution >= 0.6 is 9.47 Å². The molecule has 0 amide bonds. The molecule has 174 valence electrons. The molecule has 1 saturated carbocycles. The van der Waals surface area contributed by atoms with Crippen LogP contribution < -0.4 is 0 Å². The molecule has 1 aliphatic carbocycles. The summed E-state index contributed by atoms with van der Waals surface area (Å²) < 4.78 is 26.3. The Bertz CT molecular complexity index is 508. The summed E-state index contributed by atoms with van der Waals surface area (Å²) in [6.07, 6.45) is 8.82. The maximum Gasteiger partial charge on any atom is 0.467 e. The molecule has 0 spiro atoms. The van der Waals surface area contributed by atoms with Crippen molar-refractivity contribution in [2.45, 2.75) is 109 Å². The van der Waals surface area contributed by atoms with Crippen molar-refractivity contribution in [3.05, 3.63) is 12.2 Å². The number of hydrogen-bond donors (Lipinski definition) is 2. The van der Waals surface area contributed by atoms with Gasteiger partial charge in [0, 0.05) is 22.3 Å². The van der Waals surface area contributed by atoms with Gasteiger partial charge in [0.05, 0.1) is 25.3 Å². The molecule has 0 aromatic heterocycles. The summed E-state index contributed by atoms with van der Waals surface area (Å²) >= 11 is 0. The van der Waals surface area contributed by atoms with Crippen LogP contribution in [0.4, 0.5) is 4.39 Å². The zero-order valence-corrected chi connectivity index (χ0v) is 20.9. The monoisotopic (exact) mass is 463 g/mol. The number of aliphatic hydroxyl groups excluding tert-OH is 1. The van der Waals surface area contributed by atoms with Crippen LogP contribution in [0.5, 0.6) is 0 Å². The average Bonchev–Trinajstić information content (AvgIpc) is 3.00. The molecule has 7 unspecified atom stereocenters. The molecular weight excluding hydrogens is 422 g/mol. The van der Waals surface area contributed by atoms with Crippen LogP contribution in [0.2, 0.25) is 13.1 Å². The lowest BCUT2D eigenvalue weighted by Gasteiger charge is -2.26. The minimum atomic E-state index is -0.997. The van der Waals surface area contributed by atoms with Gasteiger partial charge in [-0.15, -0.1) is 0 Å². The third-order valence-corrected chi connectivity index (χ3v) is 7.04. The van der Waals surface area contributed by atoms with Crippen LogP contribution in [0, 0.1) is 11.8 Å². The SMILES string of the molecule is CCCCC(F)C(CCC1C(OP)CC(O)C1CC=CCCCC(=O)O)O[Si+](C)C. The van der Waals surface area contributed by atoms with Gasteiger partial charge in [-0.3, -0.25) is 4.79 Å². The Morgan fingerprint density at radius 1 is 1.27 bits per heavy atom. The largest absolute Gasteiger partial charge is 0.481 e. The molecule has 0 saturated heterocycles. The first-order valence-corrected chi connectivity index (χ1v) is 14.2. The van der Waals surface area contributed by atoms with Crippen LogP contribution in [-0.2, 0) is 13.7 Å². The summed E-state index contributed by atoms with van der Waals surface area (Å²) in [4.78, 5) is 10.6. The molecule has 0 radical (unpaired) electrons. The molecular formula is C22H41FO5PSi+. The standard InChI is InChI=1S/C22H40FO5PSi/c1-4-5-11-18(23)20(28-30(2)3)14-13-17-16(19(24)15-21(17)27-29)10-8-6-7-9-12-22(25)26/h6,8,16-21,24H,4-5,7,9-15,29H2,1-3H3/p+1. The van der Waals surface area contributed by atoms with E-state index < -0.39 is 27.3 Å². The van der Waals surface area contributed by atoms with E-state index in [4.69, 9.17) is 14.1 Å². The van der Waals surface area contributed by atoms with Gasteiger partial charge in [0.25, 0.3) is 0 Å². The number of unbranched alkanes of at least 4 members (excludes halogenated alkanes) is 2. The van der Waals surface area contributed by atoms with Gasteiger partial charge in [0.1, 0.15) is 12.3 Å². The molecule has 8 heteroatoms.